The molecular formula is C56H52N6. The largest absolute Gasteiger partial charge is 0.246 e. The van der Waals surface area contributed by atoms with Gasteiger partial charge < -0.3 is 0 Å². The summed E-state index contributed by atoms with van der Waals surface area (Å²) in [4.78, 5) is 10.7. The van der Waals surface area contributed by atoms with Gasteiger partial charge in [0.05, 0.1) is 45.5 Å². The molecule has 0 aliphatic carbocycles. The molecule has 0 radical (unpaired) electrons. The van der Waals surface area contributed by atoms with E-state index in [9.17, 15) is 0 Å². The van der Waals surface area contributed by atoms with E-state index in [-0.39, 0.29) is 10.8 Å². The first-order valence-electron chi connectivity index (χ1n) is 21.2. The minimum Gasteiger partial charge on any atom is -0.246 e. The van der Waals surface area contributed by atoms with Crippen molar-refractivity contribution in [3.8, 4) is 56.2 Å². The summed E-state index contributed by atoms with van der Waals surface area (Å²) in [5.74, 6) is 0. The molecule has 0 aliphatic heterocycles. The van der Waals surface area contributed by atoms with Gasteiger partial charge in [0.2, 0.25) is 0 Å². The van der Waals surface area contributed by atoms with Crippen molar-refractivity contribution in [3.05, 3.63) is 192 Å². The van der Waals surface area contributed by atoms with Crippen LogP contribution in [0.1, 0.15) is 63.8 Å². The second-order valence-electron chi connectivity index (χ2n) is 18.1. The highest BCUT2D eigenvalue weighted by Gasteiger charge is 2.18. The molecule has 0 fully saturated rings. The smallest absolute Gasteiger partial charge is 0.0900 e. The number of aryl methyl sites for hydroxylation is 2. The van der Waals surface area contributed by atoms with E-state index in [0.29, 0.717) is 0 Å². The highest BCUT2D eigenvalue weighted by Crippen LogP contribution is 2.36. The molecule has 0 saturated carbocycles. The summed E-state index contributed by atoms with van der Waals surface area (Å²) >= 11 is 0. The van der Waals surface area contributed by atoms with Crippen molar-refractivity contribution in [3.63, 3.8) is 0 Å². The van der Waals surface area contributed by atoms with E-state index in [4.69, 9.17) is 9.97 Å². The maximum Gasteiger partial charge on any atom is 0.0900 e. The minimum atomic E-state index is 0.0413. The Balaban J connectivity index is 1.22. The number of azo groups is 2. The maximum atomic E-state index is 5.33. The molecule has 8 rings (SSSR count). The standard InChI is InChI=1S/C56H52N6/c1-37-9-25-47(26-10-37)59-61-49-29-17-41(18-30-49)51-33-43(39-13-21-45(22-14-39)55(3,4)5)35-53(57-51)54-36-44(40-15-23-46(24-16-40)56(6,7)8)34-52(58-54)42-19-31-50(32-20-42)62-60-48-27-11-38(2)12-28-48/h9-36H,1-8H3. The normalized spacial score (nSPS) is 12.1. The van der Waals surface area contributed by atoms with Crippen molar-refractivity contribution in [2.45, 2.75) is 66.2 Å². The lowest BCUT2D eigenvalue weighted by Crippen LogP contribution is -2.10. The van der Waals surface area contributed by atoms with Crippen LogP contribution in [0, 0.1) is 13.8 Å². The van der Waals surface area contributed by atoms with Gasteiger partial charge in [-0.15, -0.1) is 0 Å². The average Bonchev–Trinajstić information content (AvgIpc) is 3.28. The summed E-state index contributed by atoms with van der Waals surface area (Å²) in [5.41, 5.74) is 17.7. The molecule has 0 amide bonds. The van der Waals surface area contributed by atoms with E-state index in [2.05, 4.69) is 173 Å². The molecule has 0 aliphatic rings. The summed E-state index contributed by atoms with van der Waals surface area (Å²) in [6, 6.07) is 58.7. The van der Waals surface area contributed by atoms with Gasteiger partial charge in [-0.05, 0) is 131 Å². The van der Waals surface area contributed by atoms with Gasteiger partial charge in [0, 0.05) is 11.1 Å². The summed E-state index contributed by atoms with van der Waals surface area (Å²) in [7, 11) is 0. The van der Waals surface area contributed by atoms with Gasteiger partial charge in [0.15, 0.2) is 0 Å². The molecule has 62 heavy (non-hydrogen) atoms. The highest BCUT2D eigenvalue weighted by atomic mass is 15.1. The van der Waals surface area contributed by atoms with E-state index >= 15 is 0 Å². The predicted molar refractivity (Wildman–Crippen MR) is 257 cm³/mol. The van der Waals surface area contributed by atoms with Crippen LogP contribution in [0.15, 0.2) is 190 Å². The third-order valence-electron chi connectivity index (χ3n) is 11.0. The van der Waals surface area contributed by atoms with Gasteiger partial charge in [-0.1, -0.05) is 150 Å². The van der Waals surface area contributed by atoms with Gasteiger partial charge in [0.1, 0.15) is 0 Å². The topological polar surface area (TPSA) is 75.2 Å². The zero-order valence-electron chi connectivity index (χ0n) is 36.8. The summed E-state index contributed by atoms with van der Waals surface area (Å²) in [5, 5.41) is 17.9. The second-order valence-corrected chi connectivity index (χ2v) is 18.1. The average molecular weight is 809 g/mol. The minimum absolute atomic E-state index is 0.0413. The lowest BCUT2D eigenvalue weighted by Gasteiger charge is -2.19. The van der Waals surface area contributed by atoms with Crippen molar-refractivity contribution in [1.29, 1.82) is 0 Å². The SMILES string of the molecule is Cc1ccc(N=Nc2ccc(-c3cc(-c4ccc(C(C)(C)C)cc4)cc(-c4cc(-c5ccc(C(C)(C)C)cc5)cc(-c5ccc(N=Nc6ccc(C)cc6)cc5)n4)n3)cc2)cc1. The van der Waals surface area contributed by atoms with Crippen molar-refractivity contribution in [2.24, 2.45) is 20.5 Å². The Labute approximate surface area is 366 Å². The van der Waals surface area contributed by atoms with Crippen LogP contribution in [0.2, 0.25) is 0 Å². The van der Waals surface area contributed by atoms with Crippen LogP contribution in [0.4, 0.5) is 22.7 Å². The van der Waals surface area contributed by atoms with E-state index < -0.39 is 0 Å². The summed E-state index contributed by atoms with van der Waals surface area (Å²) in [6.07, 6.45) is 0. The zero-order chi connectivity index (χ0) is 43.4. The van der Waals surface area contributed by atoms with Crippen molar-refractivity contribution >= 4 is 22.7 Å². The number of nitrogens with zero attached hydrogens (tertiary/aromatic N) is 6. The van der Waals surface area contributed by atoms with Crippen LogP contribution in [0.3, 0.4) is 0 Å². The van der Waals surface area contributed by atoms with Crippen LogP contribution >= 0.6 is 0 Å². The molecule has 8 aromatic rings. The van der Waals surface area contributed by atoms with Gasteiger partial charge in [-0.25, -0.2) is 9.97 Å². The maximum absolute atomic E-state index is 5.33. The zero-order valence-corrected chi connectivity index (χ0v) is 36.8. The van der Waals surface area contributed by atoms with E-state index in [1.165, 1.54) is 22.3 Å². The van der Waals surface area contributed by atoms with Crippen molar-refractivity contribution < 1.29 is 0 Å². The third kappa shape index (κ3) is 10.0. The molecule has 0 bridgehead atoms. The first-order valence-corrected chi connectivity index (χ1v) is 21.2. The quantitative estimate of drug-likeness (QED) is 0.136. The van der Waals surface area contributed by atoms with E-state index in [1.807, 2.05) is 72.8 Å². The Kier molecular flexibility index (Phi) is 11.7. The van der Waals surface area contributed by atoms with Crippen LogP contribution in [0.5, 0.6) is 0 Å². The lowest BCUT2D eigenvalue weighted by molar-refractivity contribution is 0.590. The van der Waals surface area contributed by atoms with Gasteiger partial charge in [0.25, 0.3) is 0 Å². The molecule has 2 heterocycles. The first kappa shape index (κ1) is 41.5. The number of hydrogen-bond donors (Lipinski definition) is 0. The van der Waals surface area contributed by atoms with E-state index in [1.54, 1.807) is 0 Å². The summed E-state index contributed by atoms with van der Waals surface area (Å²) < 4.78 is 0. The van der Waals surface area contributed by atoms with E-state index in [0.717, 1.165) is 78.9 Å². The molecule has 0 atom stereocenters. The highest BCUT2D eigenvalue weighted by molar-refractivity contribution is 5.80. The van der Waals surface area contributed by atoms with Crippen LogP contribution in [-0.2, 0) is 10.8 Å². The first-order chi connectivity index (χ1) is 29.7. The molecule has 6 nitrogen and oxygen atoms in total. The van der Waals surface area contributed by atoms with Gasteiger partial charge in [-0.2, -0.15) is 20.5 Å². The lowest BCUT2D eigenvalue weighted by atomic mass is 9.86. The number of pyridine rings is 2. The van der Waals surface area contributed by atoms with Crippen molar-refractivity contribution in [2.75, 3.05) is 0 Å². The Morgan fingerprint density at radius 1 is 0.290 bits per heavy atom. The second kappa shape index (κ2) is 17.4. The molecule has 6 aromatic carbocycles. The Bertz CT molecular complexity index is 2660. The third-order valence-corrected chi connectivity index (χ3v) is 11.0. The Hall–Kier alpha value is -7.18. The Morgan fingerprint density at radius 3 is 0.839 bits per heavy atom. The molecule has 0 spiro atoms. The van der Waals surface area contributed by atoms with Crippen LogP contribution in [-0.4, -0.2) is 9.97 Å². The number of hydrogen-bond acceptors (Lipinski definition) is 6. The van der Waals surface area contributed by atoms with Gasteiger partial charge in [-0.3, -0.25) is 0 Å². The molecule has 0 unspecified atom stereocenters. The molecule has 306 valence electrons. The molecule has 2 aromatic heterocycles. The fourth-order valence-electron chi connectivity index (χ4n) is 7.13. The Morgan fingerprint density at radius 2 is 0.548 bits per heavy atom. The molecule has 6 heteroatoms. The van der Waals surface area contributed by atoms with Crippen LogP contribution < -0.4 is 0 Å². The van der Waals surface area contributed by atoms with Gasteiger partial charge >= 0.3 is 0 Å². The molecule has 0 saturated heterocycles. The number of aromatic nitrogens is 2. The monoisotopic (exact) mass is 808 g/mol. The van der Waals surface area contributed by atoms with Crippen molar-refractivity contribution in [1.82, 2.24) is 9.97 Å². The fourth-order valence-corrected chi connectivity index (χ4v) is 7.13. The van der Waals surface area contributed by atoms with Crippen LogP contribution in [0.25, 0.3) is 56.2 Å². The number of rotatable bonds is 9. The predicted octanol–water partition coefficient (Wildman–Crippen LogP) is 16.9. The molecule has 0 N–H and O–H groups in total. The summed E-state index contributed by atoms with van der Waals surface area (Å²) in [6.45, 7) is 17.6. The fraction of sp³-hybridized carbons (Fsp3) is 0.179. The number of benzene rings is 6. The molecular weight excluding hydrogens is 757 g/mol.